The van der Waals surface area contributed by atoms with Crippen molar-refractivity contribution in [1.29, 1.82) is 0 Å². The minimum atomic E-state index is -0.502. The second kappa shape index (κ2) is 7.09. The third-order valence-electron chi connectivity index (χ3n) is 3.71. The molecule has 1 aromatic heterocycles. The third kappa shape index (κ3) is 3.73. The van der Waals surface area contributed by atoms with E-state index in [9.17, 15) is 4.79 Å². The van der Waals surface area contributed by atoms with Crippen LogP contribution in [-0.4, -0.2) is 35.4 Å². The van der Waals surface area contributed by atoms with Crippen LogP contribution in [0.3, 0.4) is 0 Å². The summed E-state index contributed by atoms with van der Waals surface area (Å²) in [5.41, 5.74) is 8.24. The number of aromatic amines is 1. The average molecular weight is 285 g/mol. The van der Waals surface area contributed by atoms with Crippen molar-refractivity contribution in [3.63, 3.8) is 0 Å². The Balaban J connectivity index is 1.98. The number of benzene rings is 1. The van der Waals surface area contributed by atoms with E-state index in [1.807, 2.05) is 36.5 Å². The summed E-state index contributed by atoms with van der Waals surface area (Å²) >= 11 is 0. The van der Waals surface area contributed by atoms with Crippen LogP contribution in [0.15, 0.2) is 43.1 Å². The molecule has 0 fully saturated rings. The molecule has 0 saturated carbocycles. The number of nitrogens with one attached hydrogen (secondary N) is 1. The number of fused-ring (bicyclic) bond motifs is 1. The normalized spacial score (nSPS) is 12.3. The lowest BCUT2D eigenvalue weighted by Crippen LogP contribution is -2.43. The van der Waals surface area contributed by atoms with Gasteiger partial charge in [-0.3, -0.25) is 4.79 Å². The highest BCUT2D eigenvalue weighted by Gasteiger charge is 2.19. The van der Waals surface area contributed by atoms with Crippen LogP contribution < -0.4 is 5.73 Å². The zero-order valence-corrected chi connectivity index (χ0v) is 12.5. The van der Waals surface area contributed by atoms with E-state index in [1.165, 1.54) is 0 Å². The first-order valence-corrected chi connectivity index (χ1v) is 7.30. The highest BCUT2D eigenvalue weighted by molar-refractivity contribution is 5.86. The van der Waals surface area contributed by atoms with E-state index in [1.54, 1.807) is 11.9 Å². The van der Waals surface area contributed by atoms with Crippen molar-refractivity contribution in [3.8, 4) is 0 Å². The first-order valence-electron chi connectivity index (χ1n) is 7.30. The molecule has 1 aromatic carbocycles. The van der Waals surface area contributed by atoms with Crippen molar-refractivity contribution in [2.24, 2.45) is 5.73 Å². The summed E-state index contributed by atoms with van der Waals surface area (Å²) in [6.45, 7) is 4.40. The fourth-order valence-electron chi connectivity index (χ4n) is 2.49. The number of rotatable bonds is 7. The molecule has 0 aliphatic heterocycles. The van der Waals surface area contributed by atoms with Crippen LogP contribution in [0, 0.1) is 0 Å². The second-order valence-corrected chi connectivity index (χ2v) is 5.36. The van der Waals surface area contributed by atoms with Gasteiger partial charge >= 0.3 is 0 Å². The largest absolute Gasteiger partial charge is 0.361 e. The number of nitrogens with zero attached hydrogens (tertiary/aromatic N) is 1. The first kappa shape index (κ1) is 15.3. The molecular weight excluding hydrogens is 262 g/mol. The third-order valence-corrected chi connectivity index (χ3v) is 3.71. The highest BCUT2D eigenvalue weighted by Crippen LogP contribution is 2.19. The maximum atomic E-state index is 12.3. The summed E-state index contributed by atoms with van der Waals surface area (Å²) in [7, 11) is 1.81. The van der Waals surface area contributed by atoms with Crippen molar-refractivity contribution < 1.29 is 4.79 Å². The van der Waals surface area contributed by atoms with Gasteiger partial charge < -0.3 is 15.6 Å². The van der Waals surface area contributed by atoms with Crippen LogP contribution in [0.2, 0.25) is 0 Å². The number of H-pyrrole nitrogens is 1. The van der Waals surface area contributed by atoms with E-state index in [-0.39, 0.29) is 5.91 Å². The zero-order valence-electron chi connectivity index (χ0n) is 12.5. The minimum absolute atomic E-state index is 0.00987. The number of unbranched alkanes of at least 4 members (excludes halogenated alkanes) is 1. The van der Waals surface area contributed by atoms with Crippen LogP contribution in [0.4, 0.5) is 0 Å². The van der Waals surface area contributed by atoms with E-state index in [2.05, 4.69) is 11.6 Å². The predicted octanol–water partition coefficient (Wildman–Crippen LogP) is 2.46. The van der Waals surface area contributed by atoms with Gasteiger partial charge in [0.05, 0.1) is 6.04 Å². The SMILES string of the molecule is C=CCCCN(C)C(=O)[C@@H](N)Cc1c[nH]c2ccccc12. The molecule has 0 saturated heterocycles. The van der Waals surface area contributed by atoms with Crippen LogP contribution in [0.25, 0.3) is 10.9 Å². The van der Waals surface area contributed by atoms with Gasteiger partial charge in [-0.05, 0) is 30.9 Å². The molecule has 1 amide bonds. The molecule has 0 radical (unpaired) electrons. The van der Waals surface area contributed by atoms with E-state index < -0.39 is 6.04 Å². The maximum Gasteiger partial charge on any atom is 0.239 e. The van der Waals surface area contributed by atoms with Crippen LogP contribution in [-0.2, 0) is 11.2 Å². The molecule has 2 rings (SSSR count). The van der Waals surface area contributed by atoms with Gasteiger partial charge in [0.2, 0.25) is 5.91 Å². The van der Waals surface area contributed by atoms with Gasteiger partial charge in [0, 0.05) is 30.7 Å². The molecule has 3 N–H and O–H groups in total. The Morgan fingerprint density at radius 1 is 1.48 bits per heavy atom. The molecule has 4 heteroatoms. The van der Waals surface area contributed by atoms with E-state index in [0.29, 0.717) is 13.0 Å². The van der Waals surface area contributed by atoms with Gasteiger partial charge in [0.25, 0.3) is 0 Å². The van der Waals surface area contributed by atoms with E-state index in [4.69, 9.17) is 5.73 Å². The Kier molecular flexibility index (Phi) is 5.17. The Labute approximate surface area is 125 Å². The molecule has 4 nitrogen and oxygen atoms in total. The summed E-state index contributed by atoms with van der Waals surface area (Å²) in [6, 6.07) is 7.55. The molecule has 2 aromatic rings. The van der Waals surface area contributed by atoms with Crippen molar-refractivity contribution in [3.05, 3.63) is 48.7 Å². The van der Waals surface area contributed by atoms with Gasteiger partial charge in [0.1, 0.15) is 0 Å². The maximum absolute atomic E-state index is 12.3. The predicted molar refractivity (Wildman–Crippen MR) is 87.0 cm³/mol. The number of para-hydroxylation sites is 1. The lowest BCUT2D eigenvalue weighted by atomic mass is 10.0. The second-order valence-electron chi connectivity index (χ2n) is 5.36. The van der Waals surface area contributed by atoms with Gasteiger partial charge in [-0.15, -0.1) is 6.58 Å². The molecule has 1 atom stereocenters. The van der Waals surface area contributed by atoms with Crippen LogP contribution >= 0.6 is 0 Å². The molecular formula is C17H23N3O. The summed E-state index contributed by atoms with van der Waals surface area (Å²) in [4.78, 5) is 17.2. The van der Waals surface area contributed by atoms with Crippen LogP contribution in [0.5, 0.6) is 0 Å². The number of hydrogen-bond donors (Lipinski definition) is 2. The summed E-state index contributed by atoms with van der Waals surface area (Å²) in [5.74, 6) is -0.00987. The van der Waals surface area contributed by atoms with Crippen molar-refractivity contribution in [2.75, 3.05) is 13.6 Å². The Morgan fingerprint density at radius 3 is 3.00 bits per heavy atom. The highest BCUT2D eigenvalue weighted by atomic mass is 16.2. The number of allylic oxidation sites excluding steroid dienone is 1. The van der Waals surface area contributed by atoms with Gasteiger partial charge in [-0.25, -0.2) is 0 Å². The quantitative estimate of drug-likeness (QED) is 0.606. The average Bonchev–Trinajstić information content (AvgIpc) is 2.90. The topological polar surface area (TPSA) is 62.1 Å². The molecule has 0 unspecified atom stereocenters. The summed E-state index contributed by atoms with van der Waals surface area (Å²) < 4.78 is 0. The molecule has 0 spiro atoms. The van der Waals surface area contributed by atoms with Gasteiger partial charge in [0.15, 0.2) is 0 Å². The van der Waals surface area contributed by atoms with Gasteiger partial charge in [-0.1, -0.05) is 24.3 Å². The number of carbonyl (C=O) groups excluding carboxylic acids is 1. The Hall–Kier alpha value is -2.07. The molecule has 112 valence electrons. The van der Waals surface area contributed by atoms with E-state index >= 15 is 0 Å². The van der Waals surface area contributed by atoms with Crippen molar-refractivity contribution in [2.45, 2.75) is 25.3 Å². The standard InChI is InChI=1S/C17H23N3O/c1-3-4-7-10-20(2)17(21)15(18)11-13-12-19-16-9-6-5-8-14(13)16/h3,5-6,8-9,12,15,19H,1,4,7,10-11,18H2,2H3/t15-/m0/s1. The van der Waals surface area contributed by atoms with E-state index in [0.717, 1.165) is 29.3 Å². The molecule has 1 heterocycles. The zero-order chi connectivity index (χ0) is 15.2. The molecule has 0 aliphatic carbocycles. The molecule has 21 heavy (non-hydrogen) atoms. The number of nitrogens with two attached hydrogens (primary N) is 1. The van der Waals surface area contributed by atoms with Crippen LogP contribution in [0.1, 0.15) is 18.4 Å². The number of amides is 1. The minimum Gasteiger partial charge on any atom is -0.361 e. The monoisotopic (exact) mass is 285 g/mol. The molecule has 0 bridgehead atoms. The lowest BCUT2D eigenvalue weighted by Gasteiger charge is -2.21. The fourth-order valence-corrected chi connectivity index (χ4v) is 2.49. The smallest absolute Gasteiger partial charge is 0.239 e. The molecule has 0 aliphatic rings. The number of aromatic nitrogens is 1. The summed E-state index contributed by atoms with van der Waals surface area (Å²) in [6.07, 6.45) is 6.19. The lowest BCUT2D eigenvalue weighted by molar-refractivity contribution is -0.131. The number of likely N-dealkylation sites (N-methyl/N-ethyl adjacent to an activating group) is 1. The van der Waals surface area contributed by atoms with Crippen molar-refractivity contribution in [1.82, 2.24) is 9.88 Å². The van der Waals surface area contributed by atoms with Crippen molar-refractivity contribution >= 4 is 16.8 Å². The first-order chi connectivity index (χ1) is 10.1. The summed E-state index contributed by atoms with van der Waals surface area (Å²) in [5, 5.41) is 1.13. The Bertz CT molecular complexity index is 617. The fraction of sp³-hybridized carbons (Fsp3) is 0.353. The number of carbonyl (C=O) groups is 1. The van der Waals surface area contributed by atoms with Gasteiger partial charge in [-0.2, -0.15) is 0 Å². The Morgan fingerprint density at radius 2 is 2.24 bits per heavy atom. The number of hydrogen-bond acceptors (Lipinski definition) is 2.